The van der Waals surface area contributed by atoms with Gasteiger partial charge in [-0.05, 0) is 24.6 Å². The van der Waals surface area contributed by atoms with Crippen LogP contribution in [0.3, 0.4) is 0 Å². The van der Waals surface area contributed by atoms with Gasteiger partial charge < -0.3 is 14.9 Å². The Kier molecular flexibility index (Phi) is 4.92. The summed E-state index contributed by atoms with van der Waals surface area (Å²) in [5.74, 6) is -0.132. The zero-order chi connectivity index (χ0) is 15.2. The number of pyridine rings is 1. The molecule has 1 aromatic heterocycles. The van der Waals surface area contributed by atoms with Gasteiger partial charge in [0.1, 0.15) is 5.82 Å². The summed E-state index contributed by atoms with van der Waals surface area (Å²) in [6, 6.07) is 3.63. The van der Waals surface area contributed by atoms with E-state index in [1.165, 1.54) is 0 Å². The van der Waals surface area contributed by atoms with Gasteiger partial charge in [-0.3, -0.25) is 4.79 Å². The Labute approximate surface area is 123 Å². The Bertz CT molecular complexity index is 557. The number of anilines is 1. The molecule has 1 N–H and O–H groups in total. The Hall–Kier alpha value is -2.37. The summed E-state index contributed by atoms with van der Waals surface area (Å²) in [7, 11) is 0. The van der Waals surface area contributed by atoms with E-state index in [2.05, 4.69) is 9.88 Å². The van der Waals surface area contributed by atoms with Crippen molar-refractivity contribution in [1.29, 1.82) is 0 Å². The third-order valence-electron chi connectivity index (χ3n) is 3.46. The second kappa shape index (κ2) is 6.88. The van der Waals surface area contributed by atoms with Gasteiger partial charge in [-0.1, -0.05) is 0 Å². The molecule has 21 heavy (non-hydrogen) atoms. The molecule has 0 saturated carbocycles. The summed E-state index contributed by atoms with van der Waals surface area (Å²) in [5.41, 5.74) is 0.774. The van der Waals surface area contributed by atoms with Crippen molar-refractivity contribution in [3.63, 3.8) is 0 Å². The molecule has 1 amide bonds. The molecule has 0 atom stereocenters. The highest BCUT2D eigenvalue weighted by Crippen LogP contribution is 2.20. The first kappa shape index (κ1) is 15.0. The summed E-state index contributed by atoms with van der Waals surface area (Å²) in [4.78, 5) is 30.4. The zero-order valence-corrected chi connectivity index (χ0v) is 12.0. The highest BCUT2D eigenvalue weighted by atomic mass is 16.4. The molecule has 0 unspecified atom stereocenters. The number of hydrogen-bond acceptors (Lipinski definition) is 4. The van der Waals surface area contributed by atoms with Gasteiger partial charge in [-0.25, -0.2) is 9.78 Å². The molecule has 1 aromatic rings. The lowest BCUT2D eigenvalue weighted by atomic mass is 10.2. The third kappa shape index (κ3) is 4.05. The number of carbonyl (C=O) groups is 2. The number of aliphatic carboxylic acids is 1. The van der Waals surface area contributed by atoms with Gasteiger partial charge >= 0.3 is 5.97 Å². The number of hydrogen-bond donors (Lipinski definition) is 1. The minimum Gasteiger partial charge on any atom is -0.478 e. The molecule has 2 heterocycles. The number of nitrogens with zero attached hydrogens (tertiary/aromatic N) is 3. The summed E-state index contributed by atoms with van der Waals surface area (Å²) >= 11 is 0. The lowest BCUT2D eigenvalue weighted by molar-refractivity contribution is -0.131. The standard InChI is InChI=1S/C15H19N3O3/c1-12(19)17-8-3-9-18(11-10-17)15-13(4-2-7-16-15)5-6-14(20)21/h2,4-7H,3,8-11H2,1H3,(H,20,21)/b6-5+. The van der Waals surface area contributed by atoms with Crippen molar-refractivity contribution < 1.29 is 14.7 Å². The van der Waals surface area contributed by atoms with E-state index in [9.17, 15) is 9.59 Å². The molecule has 0 spiro atoms. The predicted octanol–water partition coefficient (Wildman–Crippen LogP) is 1.24. The normalized spacial score (nSPS) is 16.0. The minimum absolute atomic E-state index is 0.0869. The maximum Gasteiger partial charge on any atom is 0.328 e. The van der Waals surface area contributed by atoms with Crippen LogP contribution in [0.4, 0.5) is 5.82 Å². The molecule has 112 valence electrons. The average Bonchev–Trinajstić information content (AvgIpc) is 2.71. The lowest BCUT2D eigenvalue weighted by Crippen LogP contribution is -2.34. The Morgan fingerprint density at radius 1 is 1.29 bits per heavy atom. The summed E-state index contributed by atoms with van der Waals surface area (Å²) in [6.07, 6.45) is 5.23. The van der Waals surface area contributed by atoms with Crippen LogP contribution in [-0.2, 0) is 9.59 Å². The molecule has 6 heteroatoms. The van der Waals surface area contributed by atoms with Crippen LogP contribution in [0.2, 0.25) is 0 Å². The monoisotopic (exact) mass is 289 g/mol. The maximum atomic E-state index is 11.5. The first-order chi connectivity index (χ1) is 10.1. The van der Waals surface area contributed by atoms with E-state index in [-0.39, 0.29) is 5.91 Å². The van der Waals surface area contributed by atoms with Gasteiger partial charge in [0.2, 0.25) is 5.91 Å². The van der Waals surface area contributed by atoms with Gasteiger partial charge in [0, 0.05) is 50.9 Å². The van der Waals surface area contributed by atoms with Crippen LogP contribution in [0, 0.1) is 0 Å². The molecule has 1 fully saturated rings. The molecule has 1 saturated heterocycles. The van der Waals surface area contributed by atoms with Crippen molar-refractivity contribution in [3.05, 3.63) is 30.0 Å². The first-order valence-corrected chi connectivity index (χ1v) is 6.94. The van der Waals surface area contributed by atoms with E-state index in [0.717, 1.165) is 37.0 Å². The molecule has 1 aliphatic rings. The van der Waals surface area contributed by atoms with E-state index >= 15 is 0 Å². The van der Waals surface area contributed by atoms with Crippen LogP contribution in [0.15, 0.2) is 24.4 Å². The summed E-state index contributed by atoms with van der Waals surface area (Å²) in [6.45, 7) is 4.49. The van der Waals surface area contributed by atoms with Crippen molar-refractivity contribution >= 4 is 23.8 Å². The number of aromatic nitrogens is 1. The smallest absolute Gasteiger partial charge is 0.328 e. The molecular weight excluding hydrogens is 270 g/mol. The van der Waals surface area contributed by atoms with E-state index in [4.69, 9.17) is 5.11 Å². The Morgan fingerprint density at radius 3 is 2.81 bits per heavy atom. The van der Waals surface area contributed by atoms with E-state index in [1.807, 2.05) is 11.0 Å². The van der Waals surface area contributed by atoms with E-state index in [0.29, 0.717) is 13.1 Å². The van der Waals surface area contributed by atoms with E-state index < -0.39 is 5.97 Å². The van der Waals surface area contributed by atoms with Gasteiger partial charge in [0.25, 0.3) is 0 Å². The molecule has 6 nitrogen and oxygen atoms in total. The number of amides is 1. The lowest BCUT2D eigenvalue weighted by Gasteiger charge is -2.23. The fourth-order valence-corrected chi connectivity index (χ4v) is 2.41. The second-order valence-corrected chi connectivity index (χ2v) is 4.93. The number of rotatable bonds is 3. The molecule has 0 radical (unpaired) electrons. The van der Waals surface area contributed by atoms with Crippen molar-refractivity contribution in [2.75, 3.05) is 31.1 Å². The molecule has 0 aromatic carbocycles. The zero-order valence-electron chi connectivity index (χ0n) is 12.0. The van der Waals surface area contributed by atoms with Crippen LogP contribution in [0.5, 0.6) is 0 Å². The molecular formula is C15H19N3O3. The highest BCUT2D eigenvalue weighted by Gasteiger charge is 2.18. The van der Waals surface area contributed by atoms with Gasteiger partial charge in [-0.15, -0.1) is 0 Å². The Balaban J connectivity index is 2.18. The van der Waals surface area contributed by atoms with Crippen LogP contribution < -0.4 is 4.90 Å². The SMILES string of the molecule is CC(=O)N1CCCN(c2ncccc2/C=C/C(=O)O)CC1. The van der Waals surface area contributed by atoms with Crippen molar-refractivity contribution in [1.82, 2.24) is 9.88 Å². The third-order valence-corrected chi connectivity index (χ3v) is 3.46. The van der Waals surface area contributed by atoms with E-state index in [1.54, 1.807) is 25.3 Å². The average molecular weight is 289 g/mol. The number of carbonyl (C=O) groups excluding carboxylic acids is 1. The van der Waals surface area contributed by atoms with Crippen molar-refractivity contribution in [2.45, 2.75) is 13.3 Å². The highest BCUT2D eigenvalue weighted by molar-refractivity contribution is 5.86. The van der Waals surface area contributed by atoms with Crippen LogP contribution >= 0.6 is 0 Å². The molecule has 2 rings (SSSR count). The molecule has 0 aliphatic carbocycles. The first-order valence-electron chi connectivity index (χ1n) is 6.94. The minimum atomic E-state index is -0.983. The Morgan fingerprint density at radius 2 is 2.10 bits per heavy atom. The topological polar surface area (TPSA) is 73.7 Å². The fourth-order valence-electron chi connectivity index (χ4n) is 2.41. The van der Waals surface area contributed by atoms with Crippen LogP contribution in [0.1, 0.15) is 18.9 Å². The van der Waals surface area contributed by atoms with Gasteiger partial charge in [0.05, 0.1) is 0 Å². The van der Waals surface area contributed by atoms with Crippen molar-refractivity contribution in [3.8, 4) is 0 Å². The maximum absolute atomic E-state index is 11.5. The fraction of sp³-hybridized carbons (Fsp3) is 0.400. The molecule has 0 bridgehead atoms. The quantitative estimate of drug-likeness (QED) is 0.847. The number of carboxylic acid groups (broad SMARTS) is 1. The predicted molar refractivity (Wildman–Crippen MR) is 80.0 cm³/mol. The van der Waals surface area contributed by atoms with Crippen LogP contribution in [0.25, 0.3) is 6.08 Å². The number of carboxylic acids is 1. The summed E-state index contributed by atoms with van der Waals surface area (Å²) < 4.78 is 0. The second-order valence-electron chi connectivity index (χ2n) is 4.93. The largest absolute Gasteiger partial charge is 0.478 e. The summed E-state index contributed by atoms with van der Waals surface area (Å²) in [5, 5.41) is 8.75. The van der Waals surface area contributed by atoms with Crippen LogP contribution in [-0.4, -0.2) is 53.0 Å². The van der Waals surface area contributed by atoms with Gasteiger partial charge in [-0.2, -0.15) is 0 Å². The molecule has 1 aliphatic heterocycles. The van der Waals surface area contributed by atoms with Gasteiger partial charge in [0.15, 0.2) is 0 Å². The van der Waals surface area contributed by atoms with Crippen molar-refractivity contribution in [2.24, 2.45) is 0 Å².